The monoisotopic (exact) mass is 398 g/mol. The molecule has 150 valence electrons. The minimum Gasteiger partial charge on any atom is -0.103 e. The van der Waals surface area contributed by atoms with Crippen LogP contribution in [0, 0.1) is 0 Å². The maximum Gasteiger partial charge on any atom is -0.00239 e. The van der Waals surface area contributed by atoms with Crippen LogP contribution in [0.4, 0.5) is 0 Å². The van der Waals surface area contributed by atoms with Crippen molar-refractivity contribution in [1.82, 2.24) is 0 Å². The van der Waals surface area contributed by atoms with Gasteiger partial charge in [0, 0.05) is 0 Å². The first-order valence-corrected chi connectivity index (χ1v) is 10.7. The van der Waals surface area contributed by atoms with Crippen molar-refractivity contribution >= 4 is 16.7 Å². The van der Waals surface area contributed by atoms with E-state index in [0.717, 1.165) is 6.42 Å². The standard InChI is InChI=1S/C31H26/c1-2-3-24-29(25-16-8-4-9-17-25)31(28-22-14-7-15-23-28)30(26-18-10-5-11-19-26)27-20-12-6-13-21-27/h2,4-24H,1,3H2. The minimum absolute atomic E-state index is 0.803. The van der Waals surface area contributed by atoms with Gasteiger partial charge in [-0.05, 0) is 45.4 Å². The number of hydrogen-bond acceptors (Lipinski definition) is 0. The quantitative estimate of drug-likeness (QED) is 0.167. The third-order valence-electron chi connectivity index (χ3n) is 5.28. The second kappa shape index (κ2) is 10.2. The molecule has 0 bridgehead atoms. The highest BCUT2D eigenvalue weighted by molar-refractivity contribution is 6.17. The topological polar surface area (TPSA) is 0 Å². The fraction of sp³-hybridized carbons (Fsp3) is 0.0323. The summed E-state index contributed by atoms with van der Waals surface area (Å²) in [5.74, 6) is 0. The highest BCUT2D eigenvalue weighted by Crippen LogP contribution is 2.41. The molecule has 4 rings (SSSR count). The van der Waals surface area contributed by atoms with Gasteiger partial charge in [-0.2, -0.15) is 0 Å². The molecule has 0 unspecified atom stereocenters. The Labute approximate surface area is 185 Å². The molecule has 0 radical (unpaired) electrons. The Hall–Kier alpha value is -3.90. The summed E-state index contributed by atoms with van der Waals surface area (Å²) in [5, 5.41) is 0. The van der Waals surface area contributed by atoms with Crippen LogP contribution in [0.25, 0.3) is 16.7 Å². The van der Waals surface area contributed by atoms with Gasteiger partial charge in [0.1, 0.15) is 0 Å². The van der Waals surface area contributed by atoms with Crippen LogP contribution in [-0.4, -0.2) is 0 Å². The molecule has 0 heterocycles. The molecular formula is C31H26. The Bertz CT molecular complexity index is 1120. The van der Waals surface area contributed by atoms with Crippen molar-refractivity contribution in [3.8, 4) is 0 Å². The Balaban J connectivity index is 2.11. The average Bonchev–Trinajstić information content (AvgIpc) is 2.86. The first kappa shape index (κ1) is 20.4. The van der Waals surface area contributed by atoms with Gasteiger partial charge in [0.25, 0.3) is 0 Å². The molecule has 0 nitrogen and oxygen atoms in total. The van der Waals surface area contributed by atoms with E-state index in [-0.39, 0.29) is 0 Å². The van der Waals surface area contributed by atoms with Crippen molar-refractivity contribution in [2.45, 2.75) is 6.42 Å². The van der Waals surface area contributed by atoms with Crippen LogP contribution in [0.3, 0.4) is 0 Å². The first-order valence-electron chi connectivity index (χ1n) is 10.7. The summed E-state index contributed by atoms with van der Waals surface area (Å²) in [4.78, 5) is 0. The van der Waals surface area contributed by atoms with Crippen molar-refractivity contribution < 1.29 is 0 Å². The highest BCUT2D eigenvalue weighted by Gasteiger charge is 2.18. The Morgan fingerprint density at radius 2 is 0.903 bits per heavy atom. The van der Waals surface area contributed by atoms with E-state index in [1.54, 1.807) is 0 Å². The molecule has 0 aliphatic carbocycles. The molecular weight excluding hydrogens is 372 g/mol. The van der Waals surface area contributed by atoms with E-state index in [0.29, 0.717) is 0 Å². The zero-order valence-electron chi connectivity index (χ0n) is 17.6. The van der Waals surface area contributed by atoms with Crippen molar-refractivity contribution in [1.29, 1.82) is 0 Å². The van der Waals surface area contributed by atoms with Crippen molar-refractivity contribution in [3.05, 3.63) is 162 Å². The largest absolute Gasteiger partial charge is 0.103 e. The van der Waals surface area contributed by atoms with Crippen LogP contribution in [-0.2, 0) is 0 Å². The molecule has 0 atom stereocenters. The summed E-state index contributed by atoms with van der Waals surface area (Å²) < 4.78 is 0. The first-order chi connectivity index (χ1) is 15.4. The van der Waals surface area contributed by atoms with Gasteiger partial charge < -0.3 is 0 Å². The summed E-state index contributed by atoms with van der Waals surface area (Å²) in [6, 6.07) is 42.7. The lowest BCUT2D eigenvalue weighted by Crippen LogP contribution is -1.99. The normalized spacial score (nSPS) is 11.0. The summed E-state index contributed by atoms with van der Waals surface area (Å²) in [6.45, 7) is 3.96. The van der Waals surface area contributed by atoms with E-state index in [4.69, 9.17) is 0 Å². The van der Waals surface area contributed by atoms with Crippen molar-refractivity contribution in [2.24, 2.45) is 0 Å². The van der Waals surface area contributed by atoms with Gasteiger partial charge in [-0.3, -0.25) is 0 Å². The maximum absolute atomic E-state index is 3.96. The second-order valence-electron chi connectivity index (χ2n) is 7.36. The molecule has 31 heavy (non-hydrogen) atoms. The number of rotatable bonds is 7. The van der Waals surface area contributed by atoms with E-state index in [1.165, 1.54) is 39.0 Å². The second-order valence-corrected chi connectivity index (χ2v) is 7.36. The molecule has 0 spiro atoms. The third kappa shape index (κ3) is 4.82. The zero-order valence-corrected chi connectivity index (χ0v) is 17.6. The molecule has 4 aromatic rings. The molecule has 0 amide bonds. The van der Waals surface area contributed by atoms with E-state index in [9.17, 15) is 0 Å². The van der Waals surface area contributed by atoms with Gasteiger partial charge in [-0.1, -0.05) is 133 Å². The smallest absolute Gasteiger partial charge is 0.00239 e. The van der Waals surface area contributed by atoms with Gasteiger partial charge in [0.2, 0.25) is 0 Å². The predicted octanol–water partition coefficient (Wildman–Crippen LogP) is 8.31. The molecule has 4 aromatic carbocycles. The van der Waals surface area contributed by atoms with Crippen LogP contribution in [0.1, 0.15) is 28.7 Å². The SMILES string of the molecule is C=CCC=C(C(=C(c1ccccc1)c1ccccc1)c1ccccc1)c1ccccc1. The van der Waals surface area contributed by atoms with Gasteiger partial charge in [0.05, 0.1) is 0 Å². The zero-order chi connectivity index (χ0) is 21.3. The third-order valence-corrected chi connectivity index (χ3v) is 5.28. The fourth-order valence-electron chi connectivity index (χ4n) is 3.89. The van der Waals surface area contributed by atoms with Crippen LogP contribution in [0.2, 0.25) is 0 Å². The lowest BCUT2D eigenvalue weighted by molar-refractivity contribution is 1.40. The predicted molar refractivity (Wildman–Crippen MR) is 134 cm³/mol. The molecule has 0 aliphatic heterocycles. The number of benzene rings is 4. The van der Waals surface area contributed by atoms with E-state index in [1.807, 2.05) is 6.08 Å². The van der Waals surface area contributed by atoms with Crippen LogP contribution in [0.5, 0.6) is 0 Å². The number of allylic oxidation sites excluding steroid dienone is 4. The summed E-state index contributed by atoms with van der Waals surface area (Å²) in [5.41, 5.74) is 8.48. The summed E-state index contributed by atoms with van der Waals surface area (Å²) in [7, 11) is 0. The van der Waals surface area contributed by atoms with E-state index < -0.39 is 0 Å². The molecule has 0 aromatic heterocycles. The van der Waals surface area contributed by atoms with Gasteiger partial charge in [0.15, 0.2) is 0 Å². The van der Waals surface area contributed by atoms with Gasteiger partial charge >= 0.3 is 0 Å². The van der Waals surface area contributed by atoms with Gasteiger partial charge in [-0.15, -0.1) is 6.58 Å². The maximum atomic E-state index is 3.96. The molecule has 0 saturated carbocycles. The molecule has 0 N–H and O–H groups in total. The number of hydrogen-bond donors (Lipinski definition) is 0. The summed E-state index contributed by atoms with van der Waals surface area (Å²) >= 11 is 0. The van der Waals surface area contributed by atoms with Gasteiger partial charge in [-0.25, -0.2) is 0 Å². The summed E-state index contributed by atoms with van der Waals surface area (Å²) in [6.07, 6.45) is 5.05. The molecule has 0 saturated heterocycles. The lowest BCUT2D eigenvalue weighted by Gasteiger charge is -2.21. The fourth-order valence-corrected chi connectivity index (χ4v) is 3.89. The lowest BCUT2D eigenvalue weighted by atomic mass is 9.83. The Morgan fingerprint density at radius 1 is 0.516 bits per heavy atom. The van der Waals surface area contributed by atoms with Crippen molar-refractivity contribution in [2.75, 3.05) is 0 Å². The molecule has 0 aliphatic rings. The Morgan fingerprint density at radius 3 is 1.32 bits per heavy atom. The highest BCUT2D eigenvalue weighted by atomic mass is 14.2. The van der Waals surface area contributed by atoms with Crippen LogP contribution < -0.4 is 0 Å². The average molecular weight is 399 g/mol. The minimum atomic E-state index is 0.803. The Kier molecular flexibility index (Phi) is 6.72. The molecule has 0 fully saturated rings. The van der Waals surface area contributed by atoms with Crippen LogP contribution >= 0.6 is 0 Å². The molecule has 0 heteroatoms. The van der Waals surface area contributed by atoms with E-state index >= 15 is 0 Å². The van der Waals surface area contributed by atoms with Crippen molar-refractivity contribution in [3.63, 3.8) is 0 Å². The van der Waals surface area contributed by atoms with Crippen LogP contribution in [0.15, 0.2) is 140 Å². The van der Waals surface area contributed by atoms with E-state index in [2.05, 4.69) is 134 Å².